The van der Waals surface area contributed by atoms with Crippen LogP contribution in [0.1, 0.15) is 37.4 Å². The van der Waals surface area contributed by atoms with Crippen LogP contribution < -0.4 is 4.72 Å². The van der Waals surface area contributed by atoms with Gasteiger partial charge in [0.1, 0.15) is 5.82 Å². The van der Waals surface area contributed by atoms with Gasteiger partial charge >= 0.3 is 0 Å². The minimum atomic E-state index is -3.31. The molecule has 1 aliphatic rings. The number of sulfonamides is 1. The van der Waals surface area contributed by atoms with E-state index in [9.17, 15) is 12.8 Å². The van der Waals surface area contributed by atoms with Gasteiger partial charge in [0.15, 0.2) is 0 Å². The summed E-state index contributed by atoms with van der Waals surface area (Å²) in [5.41, 5.74) is 2.15. The molecule has 0 saturated heterocycles. The van der Waals surface area contributed by atoms with Crippen LogP contribution >= 0.6 is 0 Å². The highest BCUT2D eigenvalue weighted by atomic mass is 32.2. The van der Waals surface area contributed by atoms with Crippen LogP contribution in [0.5, 0.6) is 0 Å². The van der Waals surface area contributed by atoms with Crippen molar-refractivity contribution >= 4 is 10.0 Å². The minimum absolute atomic E-state index is 0.314. The lowest BCUT2D eigenvalue weighted by Gasteiger charge is -2.26. The second-order valence-electron chi connectivity index (χ2n) is 5.49. The van der Waals surface area contributed by atoms with Gasteiger partial charge in [-0.3, -0.25) is 0 Å². The molecule has 0 spiro atoms. The Morgan fingerprint density at radius 3 is 2.68 bits per heavy atom. The first kappa shape index (κ1) is 14.2. The van der Waals surface area contributed by atoms with Crippen molar-refractivity contribution in [1.82, 2.24) is 4.72 Å². The summed E-state index contributed by atoms with van der Waals surface area (Å²) in [5, 5.41) is 0. The van der Waals surface area contributed by atoms with Gasteiger partial charge in [-0.25, -0.2) is 17.5 Å². The van der Waals surface area contributed by atoms with Gasteiger partial charge in [0.2, 0.25) is 10.0 Å². The highest BCUT2D eigenvalue weighted by Crippen LogP contribution is 2.48. The molecule has 0 fully saturated rings. The molecule has 1 aromatic rings. The second kappa shape index (κ2) is 4.42. The summed E-state index contributed by atoms with van der Waals surface area (Å²) in [6.07, 6.45) is 1.70. The zero-order valence-corrected chi connectivity index (χ0v) is 12.1. The highest BCUT2D eigenvalue weighted by molar-refractivity contribution is 7.88. The van der Waals surface area contributed by atoms with E-state index in [2.05, 4.69) is 11.3 Å². The molecule has 0 radical (unpaired) electrons. The van der Waals surface area contributed by atoms with E-state index < -0.39 is 15.4 Å². The maximum Gasteiger partial charge on any atom is 0.209 e. The van der Waals surface area contributed by atoms with Crippen LogP contribution in [0.4, 0.5) is 4.39 Å². The van der Waals surface area contributed by atoms with E-state index >= 15 is 0 Å². The quantitative estimate of drug-likeness (QED) is 0.867. The summed E-state index contributed by atoms with van der Waals surface area (Å²) < 4.78 is 39.0. The van der Waals surface area contributed by atoms with Crippen LogP contribution in [-0.2, 0) is 15.4 Å². The van der Waals surface area contributed by atoms with E-state index in [1.54, 1.807) is 6.07 Å². The van der Waals surface area contributed by atoms with Crippen molar-refractivity contribution in [1.29, 1.82) is 0 Å². The van der Waals surface area contributed by atoms with Gasteiger partial charge in [0, 0.05) is 11.5 Å². The van der Waals surface area contributed by atoms with Crippen LogP contribution in [0.15, 0.2) is 30.4 Å². The molecule has 0 aliphatic heterocycles. The van der Waals surface area contributed by atoms with Gasteiger partial charge < -0.3 is 0 Å². The largest absolute Gasteiger partial charge is 0.213 e. The van der Waals surface area contributed by atoms with Crippen molar-refractivity contribution in [3.8, 4) is 0 Å². The molecule has 1 aromatic carbocycles. The monoisotopic (exact) mass is 283 g/mol. The first-order chi connectivity index (χ1) is 8.63. The number of benzene rings is 1. The Kier molecular flexibility index (Phi) is 3.31. The lowest BCUT2D eigenvalue weighted by molar-refractivity contribution is 0.479. The summed E-state index contributed by atoms with van der Waals surface area (Å²) in [5.74, 6) is -0.314. The van der Waals surface area contributed by atoms with E-state index in [-0.39, 0.29) is 11.9 Å². The molecule has 1 N–H and O–H groups in total. The van der Waals surface area contributed by atoms with Gasteiger partial charge in [0.05, 0.1) is 6.26 Å². The van der Waals surface area contributed by atoms with Gasteiger partial charge in [-0.05, 0) is 36.6 Å². The molecular formula is C14H18FNO2S. The molecule has 2 atom stereocenters. The Hall–Kier alpha value is -1.20. The molecule has 19 heavy (non-hydrogen) atoms. The molecule has 0 aromatic heterocycles. The van der Waals surface area contributed by atoms with Crippen molar-refractivity contribution in [3.05, 3.63) is 47.3 Å². The number of rotatable bonds is 3. The summed E-state index contributed by atoms with van der Waals surface area (Å²) in [6, 6.07) is 4.17. The fraction of sp³-hybridized carbons (Fsp3) is 0.429. The van der Waals surface area contributed by atoms with Gasteiger partial charge in [0.25, 0.3) is 0 Å². The van der Waals surface area contributed by atoms with Crippen molar-refractivity contribution in [2.24, 2.45) is 0 Å². The molecule has 3 nitrogen and oxygen atoms in total. The zero-order valence-electron chi connectivity index (χ0n) is 11.3. The molecule has 0 amide bonds. The SMILES string of the molecule is C=C(C)[C@@]1(C)C[C@@H](NS(C)(=O)=O)c2ccc(F)cc21. The standard InChI is InChI=1S/C14H18FNO2S/c1-9(2)14(3)8-13(16-19(4,17)18)11-6-5-10(15)7-12(11)14/h5-7,13,16H,1,8H2,2-4H3/t13-,14-/m1/s1. The average molecular weight is 283 g/mol. The number of allylic oxidation sites excluding steroid dienone is 1. The predicted molar refractivity (Wildman–Crippen MR) is 73.9 cm³/mol. The number of fused-ring (bicyclic) bond motifs is 1. The van der Waals surface area contributed by atoms with Crippen molar-refractivity contribution < 1.29 is 12.8 Å². The number of hydrogen-bond donors (Lipinski definition) is 1. The Labute approximate surface area is 113 Å². The first-order valence-corrected chi connectivity index (χ1v) is 7.96. The lowest BCUT2D eigenvalue weighted by atomic mass is 9.78. The lowest BCUT2D eigenvalue weighted by Crippen LogP contribution is -2.28. The van der Waals surface area contributed by atoms with E-state index in [1.165, 1.54) is 12.1 Å². The van der Waals surface area contributed by atoms with E-state index in [1.807, 2.05) is 13.8 Å². The first-order valence-electron chi connectivity index (χ1n) is 6.07. The molecule has 0 unspecified atom stereocenters. The summed E-state index contributed by atoms with van der Waals surface area (Å²) in [7, 11) is -3.31. The van der Waals surface area contributed by atoms with Gasteiger partial charge in [-0.2, -0.15) is 0 Å². The van der Waals surface area contributed by atoms with Crippen LogP contribution in [0.25, 0.3) is 0 Å². The molecule has 0 bridgehead atoms. The third-order valence-corrected chi connectivity index (χ3v) is 4.61. The van der Waals surface area contributed by atoms with E-state index in [0.29, 0.717) is 6.42 Å². The zero-order chi connectivity index (χ0) is 14.4. The highest BCUT2D eigenvalue weighted by Gasteiger charge is 2.41. The Morgan fingerprint density at radius 2 is 2.16 bits per heavy atom. The number of hydrogen-bond acceptors (Lipinski definition) is 2. The Bertz CT molecular complexity index is 639. The maximum absolute atomic E-state index is 13.5. The minimum Gasteiger partial charge on any atom is -0.213 e. The van der Waals surface area contributed by atoms with Gasteiger partial charge in [-0.15, -0.1) is 0 Å². The fourth-order valence-corrected chi connectivity index (χ4v) is 3.43. The Morgan fingerprint density at radius 1 is 1.53 bits per heavy atom. The maximum atomic E-state index is 13.5. The molecule has 0 saturated carbocycles. The predicted octanol–water partition coefficient (Wildman–Crippen LogP) is 2.65. The van der Waals surface area contributed by atoms with Crippen LogP contribution in [0.2, 0.25) is 0 Å². The molecular weight excluding hydrogens is 265 g/mol. The van der Waals surface area contributed by atoms with Crippen molar-refractivity contribution in [2.45, 2.75) is 31.7 Å². The van der Waals surface area contributed by atoms with Crippen molar-refractivity contribution in [2.75, 3.05) is 6.26 Å². The summed E-state index contributed by atoms with van der Waals surface area (Å²) >= 11 is 0. The molecule has 104 valence electrons. The number of nitrogens with one attached hydrogen (secondary N) is 1. The van der Waals surface area contributed by atoms with E-state index in [4.69, 9.17) is 0 Å². The third-order valence-electron chi connectivity index (χ3n) is 3.90. The molecule has 5 heteroatoms. The smallest absolute Gasteiger partial charge is 0.209 e. The van der Waals surface area contributed by atoms with Crippen LogP contribution in [0, 0.1) is 5.82 Å². The van der Waals surface area contributed by atoms with Crippen LogP contribution in [-0.4, -0.2) is 14.7 Å². The fourth-order valence-electron chi connectivity index (χ4n) is 2.71. The molecule has 0 heterocycles. The topological polar surface area (TPSA) is 46.2 Å². The van der Waals surface area contributed by atoms with Crippen LogP contribution in [0.3, 0.4) is 0 Å². The summed E-state index contributed by atoms with van der Waals surface area (Å²) in [4.78, 5) is 0. The molecule has 1 aliphatic carbocycles. The second-order valence-corrected chi connectivity index (χ2v) is 7.27. The third kappa shape index (κ3) is 2.58. The molecule has 2 rings (SSSR count). The Balaban J connectivity index is 2.54. The average Bonchev–Trinajstić information content (AvgIpc) is 2.51. The van der Waals surface area contributed by atoms with Gasteiger partial charge in [-0.1, -0.05) is 25.1 Å². The normalized spacial score (nSPS) is 26.2. The van der Waals surface area contributed by atoms with E-state index in [0.717, 1.165) is 23.0 Å². The summed E-state index contributed by atoms with van der Waals surface area (Å²) in [6.45, 7) is 7.82. The van der Waals surface area contributed by atoms with Crippen molar-refractivity contribution in [3.63, 3.8) is 0 Å². The number of halogens is 1.